The Kier molecular flexibility index (Phi) is 5.29. The molecular formula is C21H22N2O2. The van der Waals surface area contributed by atoms with E-state index in [2.05, 4.69) is 29.4 Å². The molecule has 0 saturated heterocycles. The minimum absolute atomic E-state index is 0.0267. The number of fused-ring (bicyclic) bond motifs is 1. The van der Waals surface area contributed by atoms with Gasteiger partial charge in [0, 0.05) is 24.0 Å². The lowest BCUT2D eigenvalue weighted by Gasteiger charge is -2.07. The van der Waals surface area contributed by atoms with Crippen molar-refractivity contribution < 1.29 is 4.79 Å². The molecule has 0 bridgehead atoms. The van der Waals surface area contributed by atoms with Crippen LogP contribution in [0.3, 0.4) is 0 Å². The van der Waals surface area contributed by atoms with E-state index >= 15 is 0 Å². The number of hydrogen-bond acceptors (Lipinski definition) is 2. The molecule has 4 heteroatoms. The van der Waals surface area contributed by atoms with Gasteiger partial charge in [-0.1, -0.05) is 42.5 Å². The third-order valence-electron chi connectivity index (χ3n) is 4.42. The molecule has 0 atom stereocenters. The molecule has 0 aliphatic rings. The predicted molar refractivity (Wildman–Crippen MR) is 101 cm³/mol. The van der Waals surface area contributed by atoms with Crippen molar-refractivity contribution in [1.29, 1.82) is 0 Å². The molecule has 0 aliphatic heterocycles. The summed E-state index contributed by atoms with van der Waals surface area (Å²) in [7, 11) is 0. The van der Waals surface area contributed by atoms with Gasteiger partial charge in [-0.05, 0) is 48.4 Å². The molecule has 2 N–H and O–H groups in total. The minimum Gasteiger partial charge on any atom is -0.352 e. The Morgan fingerprint density at radius 2 is 1.80 bits per heavy atom. The number of aryl methyl sites for hydroxylation is 2. The molecule has 0 fully saturated rings. The van der Waals surface area contributed by atoms with E-state index in [4.69, 9.17) is 0 Å². The van der Waals surface area contributed by atoms with E-state index in [-0.39, 0.29) is 18.0 Å². The highest BCUT2D eigenvalue weighted by Gasteiger charge is 2.06. The molecular weight excluding hydrogens is 312 g/mol. The average molecular weight is 334 g/mol. The van der Waals surface area contributed by atoms with E-state index in [1.165, 1.54) is 11.1 Å². The van der Waals surface area contributed by atoms with Gasteiger partial charge in [-0.15, -0.1) is 0 Å². The summed E-state index contributed by atoms with van der Waals surface area (Å²) in [6.07, 6.45) is 2.14. The topological polar surface area (TPSA) is 62.0 Å². The van der Waals surface area contributed by atoms with Crippen molar-refractivity contribution in [3.8, 4) is 0 Å². The minimum atomic E-state index is -0.154. The summed E-state index contributed by atoms with van der Waals surface area (Å²) in [5.41, 5.74) is 3.76. The number of carbonyl (C=O) groups excluding carboxylic acids is 1. The van der Waals surface area contributed by atoms with Gasteiger partial charge in [-0.2, -0.15) is 0 Å². The Hall–Kier alpha value is -2.88. The molecule has 128 valence electrons. The van der Waals surface area contributed by atoms with Gasteiger partial charge >= 0.3 is 0 Å². The van der Waals surface area contributed by atoms with Gasteiger partial charge in [-0.25, -0.2) is 0 Å². The molecule has 4 nitrogen and oxygen atoms in total. The first-order valence-electron chi connectivity index (χ1n) is 8.55. The maximum absolute atomic E-state index is 12.1. The van der Waals surface area contributed by atoms with Crippen LogP contribution in [0.15, 0.2) is 59.4 Å². The van der Waals surface area contributed by atoms with Crippen molar-refractivity contribution in [2.45, 2.75) is 32.7 Å². The summed E-state index contributed by atoms with van der Waals surface area (Å²) in [5.74, 6) is -0.0267. The molecule has 0 saturated carbocycles. The van der Waals surface area contributed by atoms with E-state index in [1.54, 1.807) is 0 Å². The molecule has 1 aromatic heterocycles. The van der Waals surface area contributed by atoms with Gasteiger partial charge < -0.3 is 10.3 Å². The highest BCUT2D eigenvalue weighted by Crippen LogP contribution is 2.11. The third kappa shape index (κ3) is 4.35. The number of carbonyl (C=O) groups is 1. The van der Waals surface area contributed by atoms with Crippen LogP contribution in [-0.4, -0.2) is 10.9 Å². The number of amides is 1. The van der Waals surface area contributed by atoms with E-state index in [1.807, 2.05) is 42.5 Å². The van der Waals surface area contributed by atoms with Crippen LogP contribution >= 0.6 is 0 Å². The van der Waals surface area contributed by atoms with Gasteiger partial charge in [0.05, 0.1) is 0 Å². The Bertz CT molecular complexity index is 944. The smallest absolute Gasteiger partial charge is 0.253 e. The largest absolute Gasteiger partial charge is 0.352 e. The number of para-hydroxylation sites is 1. The number of rotatable bonds is 6. The summed E-state index contributed by atoms with van der Waals surface area (Å²) in [5, 5.41) is 3.81. The average Bonchev–Trinajstić information content (AvgIpc) is 2.61. The van der Waals surface area contributed by atoms with Gasteiger partial charge in [0.1, 0.15) is 0 Å². The molecule has 0 radical (unpaired) electrons. The van der Waals surface area contributed by atoms with Crippen LogP contribution < -0.4 is 10.9 Å². The van der Waals surface area contributed by atoms with Crippen LogP contribution in [0.5, 0.6) is 0 Å². The van der Waals surface area contributed by atoms with Crippen LogP contribution in [0.1, 0.15) is 29.5 Å². The molecule has 0 aliphatic carbocycles. The van der Waals surface area contributed by atoms with Crippen LogP contribution in [0.4, 0.5) is 0 Å². The van der Waals surface area contributed by atoms with Crippen LogP contribution in [0.2, 0.25) is 0 Å². The van der Waals surface area contributed by atoms with Gasteiger partial charge in [0.25, 0.3) is 5.56 Å². The number of nitrogens with one attached hydrogen (secondary N) is 2. The fourth-order valence-electron chi connectivity index (χ4n) is 2.94. The summed E-state index contributed by atoms with van der Waals surface area (Å²) in [6, 6.07) is 17.7. The predicted octanol–water partition coefficient (Wildman–Crippen LogP) is 3.48. The standard InChI is InChI=1S/C21H22N2O2/c1-15-7-2-3-8-16(15)10-6-12-20(24)22-14-18-13-17-9-4-5-11-19(17)23-21(18)25/h2-5,7-9,11,13H,6,10,12,14H2,1H3,(H,22,24)(H,23,25). The summed E-state index contributed by atoms with van der Waals surface area (Å²) >= 11 is 0. The lowest BCUT2D eigenvalue weighted by Crippen LogP contribution is -2.26. The lowest BCUT2D eigenvalue weighted by molar-refractivity contribution is -0.121. The second kappa shape index (κ2) is 7.79. The first-order chi connectivity index (χ1) is 12.1. The van der Waals surface area contributed by atoms with Crippen LogP contribution in [0, 0.1) is 6.92 Å². The van der Waals surface area contributed by atoms with Gasteiger partial charge in [0.2, 0.25) is 5.91 Å². The van der Waals surface area contributed by atoms with Crippen molar-refractivity contribution in [2.24, 2.45) is 0 Å². The van der Waals surface area contributed by atoms with Crippen molar-refractivity contribution in [3.05, 3.63) is 81.6 Å². The van der Waals surface area contributed by atoms with E-state index in [0.29, 0.717) is 12.0 Å². The molecule has 3 rings (SSSR count). The van der Waals surface area contributed by atoms with Crippen molar-refractivity contribution >= 4 is 16.8 Å². The maximum Gasteiger partial charge on any atom is 0.253 e. The van der Waals surface area contributed by atoms with E-state index in [9.17, 15) is 9.59 Å². The molecule has 1 heterocycles. The highest BCUT2D eigenvalue weighted by molar-refractivity contribution is 5.79. The van der Waals surface area contributed by atoms with E-state index < -0.39 is 0 Å². The monoisotopic (exact) mass is 334 g/mol. The zero-order valence-corrected chi connectivity index (χ0v) is 14.3. The summed E-state index contributed by atoms with van der Waals surface area (Å²) in [6.45, 7) is 2.34. The number of pyridine rings is 1. The molecule has 0 unspecified atom stereocenters. The normalized spacial score (nSPS) is 10.8. The maximum atomic E-state index is 12.1. The Balaban J connectivity index is 1.53. The second-order valence-corrected chi connectivity index (χ2v) is 6.27. The van der Waals surface area contributed by atoms with Crippen LogP contribution in [-0.2, 0) is 17.8 Å². The number of aromatic amines is 1. The molecule has 2 aromatic carbocycles. The molecule has 3 aromatic rings. The second-order valence-electron chi connectivity index (χ2n) is 6.27. The van der Waals surface area contributed by atoms with Crippen molar-refractivity contribution in [1.82, 2.24) is 10.3 Å². The first-order valence-corrected chi connectivity index (χ1v) is 8.55. The van der Waals surface area contributed by atoms with Crippen LogP contribution in [0.25, 0.3) is 10.9 Å². The zero-order valence-electron chi connectivity index (χ0n) is 14.3. The number of benzene rings is 2. The third-order valence-corrected chi connectivity index (χ3v) is 4.42. The highest BCUT2D eigenvalue weighted by atomic mass is 16.1. The number of H-pyrrole nitrogens is 1. The Labute approximate surface area is 146 Å². The zero-order chi connectivity index (χ0) is 17.6. The van der Waals surface area contributed by atoms with E-state index in [0.717, 1.165) is 23.7 Å². The number of hydrogen-bond donors (Lipinski definition) is 2. The fraction of sp³-hybridized carbons (Fsp3) is 0.238. The van der Waals surface area contributed by atoms with Gasteiger partial charge in [-0.3, -0.25) is 9.59 Å². The summed E-state index contributed by atoms with van der Waals surface area (Å²) in [4.78, 5) is 27.0. The fourth-order valence-corrected chi connectivity index (χ4v) is 2.94. The van der Waals surface area contributed by atoms with Crippen molar-refractivity contribution in [3.63, 3.8) is 0 Å². The quantitative estimate of drug-likeness (QED) is 0.725. The molecule has 1 amide bonds. The first kappa shape index (κ1) is 17.0. The Morgan fingerprint density at radius 1 is 1.04 bits per heavy atom. The Morgan fingerprint density at radius 3 is 2.64 bits per heavy atom. The lowest BCUT2D eigenvalue weighted by atomic mass is 10.0. The summed E-state index contributed by atoms with van der Waals surface area (Å²) < 4.78 is 0. The molecule has 25 heavy (non-hydrogen) atoms. The SMILES string of the molecule is Cc1ccccc1CCCC(=O)NCc1cc2ccccc2[nH]c1=O. The molecule has 0 spiro atoms. The van der Waals surface area contributed by atoms with Gasteiger partial charge in [0.15, 0.2) is 0 Å². The number of aromatic nitrogens is 1. The van der Waals surface area contributed by atoms with Crippen molar-refractivity contribution in [2.75, 3.05) is 0 Å².